The molecule has 1 aromatic carbocycles. The van der Waals surface area contributed by atoms with Gasteiger partial charge in [0.2, 0.25) is 0 Å². The molecule has 0 bridgehead atoms. The highest BCUT2D eigenvalue weighted by atomic mass is 16.2. The van der Waals surface area contributed by atoms with Gasteiger partial charge in [-0.05, 0) is 49.7 Å². The molecule has 5 nitrogen and oxygen atoms in total. The number of imidazole rings is 1. The first-order chi connectivity index (χ1) is 11.8. The Bertz CT molecular complexity index is 764. The van der Waals surface area contributed by atoms with Crippen LogP contribution < -0.4 is 5.43 Å². The van der Waals surface area contributed by atoms with Crippen LogP contribution in [0.15, 0.2) is 35.7 Å². The second kappa shape index (κ2) is 6.75. The number of benzene rings is 1. The minimum Gasteiger partial charge on any atom is -0.321 e. The molecular formula is C19H24N4O. The number of carbonyl (C=O) groups excluding carboxylic acids is 1. The molecule has 0 spiro atoms. The van der Waals surface area contributed by atoms with Gasteiger partial charge in [0.05, 0.1) is 17.4 Å². The lowest BCUT2D eigenvalue weighted by atomic mass is 9.70. The molecule has 1 aromatic heterocycles. The van der Waals surface area contributed by atoms with E-state index >= 15 is 0 Å². The lowest BCUT2D eigenvalue weighted by Gasteiger charge is -2.35. The van der Waals surface area contributed by atoms with Crippen molar-refractivity contribution in [2.24, 2.45) is 16.9 Å². The van der Waals surface area contributed by atoms with Crippen molar-refractivity contribution in [3.63, 3.8) is 0 Å². The van der Waals surface area contributed by atoms with Gasteiger partial charge in [0.25, 0.3) is 5.91 Å². The molecule has 1 heterocycles. The fourth-order valence-electron chi connectivity index (χ4n) is 4.26. The molecule has 2 fully saturated rings. The molecule has 126 valence electrons. The topological polar surface area (TPSA) is 59.3 Å². The highest BCUT2D eigenvalue weighted by Crippen LogP contribution is 2.39. The lowest BCUT2D eigenvalue weighted by molar-refractivity contribution is -0.121. The molecule has 2 saturated carbocycles. The van der Waals surface area contributed by atoms with Gasteiger partial charge in [0.15, 0.2) is 0 Å². The maximum Gasteiger partial charge on any atom is 0.260 e. The Labute approximate surface area is 142 Å². The van der Waals surface area contributed by atoms with Gasteiger partial charge in [-0.1, -0.05) is 31.4 Å². The van der Waals surface area contributed by atoms with Crippen LogP contribution in [0.1, 0.15) is 44.9 Å². The van der Waals surface area contributed by atoms with E-state index in [-0.39, 0.29) is 12.5 Å². The molecule has 1 amide bonds. The number of amides is 1. The molecule has 1 N–H and O–H groups in total. The second-order valence-corrected chi connectivity index (χ2v) is 7.12. The van der Waals surface area contributed by atoms with Crippen LogP contribution in [0, 0.1) is 11.8 Å². The van der Waals surface area contributed by atoms with E-state index < -0.39 is 0 Å². The molecule has 2 aliphatic rings. The average Bonchev–Trinajstić information content (AvgIpc) is 3.03. The van der Waals surface area contributed by atoms with Crippen LogP contribution in [0.5, 0.6) is 0 Å². The van der Waals surface area contributed by atoms with Gasteiger partial charge in [-0.25, -0.2) is 10.4 Å². The summed E-state index contributed by atoms with van der Waals surface area (Å²) >= 11 is 0. The zero-order valence-corrected chi connectivity index (χ0v) is 13.9. The summed E-state index contributed by atoms with van der Waals surface area (Å²) in [6.07, 6.45) is 10.5. The third-order valence-electron chi connectivity index (χ3n) is 5.55. The molecule has 24 heavy (non-hydrogen) atoms. The molecule has 5 heteroatoms. The van der Waals surface area contributed by atoms with Crippen LogP contribution in [0.2, 0.25) is 0 Å². The number of rotatable bonds is 3. The van der Waals surface area contributed by atoms with Crippen LogP contribution in [0.25, 0.3) is 11.0 Å². The maximum absolute atomic E-state index is 12.2. The number of hydrogen-bond acceptors (Lipinski definition) is 3. The van der Waals surface area contributed by atoms with Crippen molar-refractivity contribution in [3.05, 3.63) is 30.6 Å². The Balaban J connectivity index is 1.36. The molecule has 0 radical (unpaired) electrons. The van der Waals surface area contributed by atoms with E-state index in [9.17, 15) is 4.79 Å². The summed E-state index contributed by atoms with van der Waals surface area (Å²) in [5.74, 6) is 1.60. The van der Waals surface area contributed by atoms with E-state index in [4.69, 9.17) is 0 Å². The third kappa shape index (κ3) is 3.21. The summed E-state index contributed by atoms with van der Waals surface area (Å²) in [5.41, 5.74) is 5.80. The Morgan fingerprint density at radius 2 is 2.04 bits per heavy atom. The fraction of sp³-hybridized carbons (Fsp3) is 0.526. The summed E-state index contributed by atoms with van der Waals surface area (Å²) < 4.78 is 1.86. The van der Waals surface area contributed by atoms with Crippen LogP contribution in [-0.2, 0) is 11.3 Å². The first-order valence-corrected chi connectivity index (χ1v) is 9.04. The number of nitrogens with one attached hydrogen (secondary N) is 1. The van der Waals surface area contributed by atoms with E-state index in [0.717, 1.165) is 35.7 Å². The molecular weight excluding hydrogens is 300 g/mol. The first-order valence-electron chi connectivity index (χ1n) is 9.04. The molecule has 0 unspecified atom stereocenters. The van der Waals surface area contributed by atoms with Crippen LogP contribution in [0.4, 0.5) is 0 Å². The average molecular weight is 324 g/mol. The van der Waals surface area contributed by atoms with E-state index in [1.807, 2.05) is 28.8 Å². The summed E-state index contributed by atoms with van der Waals surface area (Å²) in [6.45, 7) is 0.253. The van der Waals surface area contributed by atoms with Crippen molar-refractivity contribution in [2.75, 3.05) is 0 Å². The summed E-state index contributed by atoms with van der Waals surface area (Å²) in [4.78, 5) is 16.5. The minimum atomic E-state index is -0.0866. The van der Waals surface area contributed by atoms with E-state index in [1.54, 1.807) is 6.33 Å². The Morgan fingerprint density at radius 1 is 1.21 bits per heavy atom. The Hall–Kier alpha value is -2.17. The van der Waals surface area contributed by atoms with Crippen molar-refractivity contribution < 1.29 is 4.79 Å². The number of para-hydroxylation sites is 2. The zero-order valence-electron chi connectivity index (χ0n) is 13.9. The number of fused-ring (bicyclic) bond motifs is 2. The molecule has 2 atom stereocenters. The van der Waals surface area contributed by atoms with Crippen LogP contribution in [0.3, 0.4) is 0 Å². The standard InChI is InChI=1S/C19H24N4O/c24-19(12-23-13-20-17-7-3-4-8-18(17)23)22-21-16-10-9-14-5-1-2-6-15(14)11-16/h3-4,7-8,13-15H,1-2,5-6,9-12H2,(H,22,24)/b21-16-/t14-,15-/m1/s1. The van der Waals surface area contributed by atoms with Gasteiger partial charge in [-0.3, -0.25) is 4.79 Å². The van der Waals surface area contributed by atoms with E-state index in [0.29, 0.717) is 0 Å². The zero-order chi connectivity index (χ0) is 16.4. The maximum atomic E-state index is 12.2. The normalized spacial score (nSPS) is 25.6. The highest BCUT2D eigenvalue weighted by Gasteiger charge is 2.30. The van der Waals surface area contributed by atoms with Gasteiger partial charge < -0.3 is 4.57 Å². The number of carbonyl (C=O) groups is 1. The number of aromatic nitrogens is 2. The van der Waals surface area contributed by atoms with Crippen LogP contribution in [-0.4, -0.2) is 21.2 Å². The largest absolute Gasteiger partial charge is 0.321 e. The van der Waals surface area contributed by atoms with E-state index in [2.05, 4.69) is 15.5 Å². The van der Waals surface area contributed by atoms with Crippen molar-refractivity contribution >= 4 is 22.7 Å². The first kappa shape index (κ1) is 15.4. The van der Waals surface area contributed by atoms with Crippen molar-refractivity contribution in [1.82, 2.24) is 15.0 Å². The molecule has 2 aromatic rings. The summed E-state index contributed by atoms with van der Waals surface area (Å²) in [6, 6.07) is 7.84. The molecule has 0 saturated heterocycles. The number of hydrogen-bond donors (Lipinski definition) is 1. The van der Waals surface area contributed by atoms with Gasteiger partial charge >= 0.3 is 0 Å². The molecule has 0 aliphatic heterocycles. The summed E-state index contributed by atoms with van der Waals surface area (Å²) in [7, 11) is 0. The highest BCUT2D eigenvalue weighted by molar-refractivity contribution is 5.87. The SMILES string of the molecule is O=C(Cn1cnc2ccccc21)N/N=C1/CC[C@H]2CCCC[C@@H]2C1. The van der Waals surface area contributed by atoms with Crippen molar-refractivity contribution in [1.29, 1.82) is 0 Å². The minimum absolute atomic E-state index is 0.0866. The summed E-state index contributed by atoms with van der Waals surface area (Å²) in [5, 5.41) is 4.42. The van der Waals surface area contributed by atoms with Gasteiger partial charge in [0, 0.05) is 5.71 Å². The van der Waals surface area contributed by atoms with Gasteiger partial charge in [-0.15, -0.1) is 0 Å². The monoisotopic (exact) mass is 324 g/mol. The smallest absolute Gasteiger partial charge is 0.260 e. The third-order valence-corrected chi connectivity index (χ3v) is 5.55. The Kier molecular flexibility index (Phi) is 4.32. The van der Waals surface area contributed by atoms with Crippen molar-refractivity contribution in [2.45, 2.75) is 51.5 Å². The van der Waals surface area contributed by atoms with Crippen molar-refractivity contribution in [3.8, 4) is 0 Å². The quantitative estimate of drug-likeness (QED) is 0.879. The van der Waals surface area contributed by atoms with Gasteiger partial charge in [-0.2, -0.15) is 5.10 Å². The second-order valence-electron chi connectivity index (χ2n) is 7.12. The number of nitrogens with zero attached hydrogens (tertiary/aromatic N) is 3. The van der Waals surface area contributed by atoms with Crippen LogP contribution >= 0.6 is 0 Å². The molecule has 2 aliphatic carbocycles. The predicted octanol–water partition coefficient (Wildman–Crippen LogP) is 3.50. The van der Waals surface area contributed by atoms with Gasteiger partial charge in [0.1, 0.15) is 6.54 Å². The number of hydrazone groups is 1. The van der Waals surface area contributed by atoms with E-state index in [1.165, 1.54) is 37.8 Å². The lowest BCUT2D eigenvalue weighted by Crippen LogP contribution is -2.30. The molecule has 4 rings (SSSR count). The predicted molar refractivity (Wildman–Crippen MR) is 94.6 cm³/mol. The Morgan fingerprint density at radius 3 is 2.96 bits per heavy atom. The fourth-order valence-corrected chi connectivity index (χ4v) is 4.26.